The number of nitrogens with zero attached hydrogens (tertiary/aromatic N) is 1. The molecule has 1 amide bonds. The molecule has 0 saturated carbocycles. The van der Waals surface area contributed by atoms with Gasteiger partial charge in [0.2, 0.25) is 0 Å². The van der Waals surface area contributed by atoms with Gasteiger partial charge in [-0.1, -0.05) is 12.1 Å². The van der Waals surface area contributed by atoms with Crippen molar-refractivity contribution in [3.8, 4) is 0 Å². The molecule has 0 spiro atoms. The van der Waals surface area contributed by atoms with Crippen molar-refractivity contribution in [3.05, 3.63) is 29.3 Å². The molecular formula is C13H21N3O. The third-order valence-corrected chi connectivity index (χ3v) is 3.01. The van der Waals surface area contributed by atoms with E-state index in [1.54, 1.807) is 6.07 Å². The standard InChI is InChI=1S/C13H21N3O/c1-9-6-5-7-11(12(9)14)13(17)15-8-10(2)16(3)4/h5-7,10H,8,14H2,1-4H3,(H,15,17). The molecule has 0 aliphatic carbocycles. The Morgan fingerprint density at radius 1 is 1.47 bits per heavy atom. The summed E-state index contributed by atoms with van der Waals surface area (Å²) in [4.78, 5) is 14.0. The molecule has 0 aliphatic rings. The van der Waals surface area contributed by atoms with Crippen LogP contribution in [0.1, 0.15) is 22.8 Å². The van der Waals surface area contributed by atoms with E-state index in [0.29, 0.717) is 23.8 Å². The fourth-order valence-corrected chi connectivity index (χ4v) is 1.40. The van der Waals surface area contributed by atoms with Crippen LogP contribution in [-0.4, -0.2) is 37.5 Å². The second-order valence-electron chi connectivity index (χ2n) is 4.56. The zero-order valence-corrected chi connectivity index (χ0v) is 10.9. The molecule has 17 heavy (non-hydrogen) atoms. The van der Waals surface area contributed by atoms with Crippen molar-refractivity contribution in [3.63, 3.8) is 0 Å². The van der Waals surface area contributed by atoms with Crippen molar-refractivity contribution >= 4 is 11.6 Å². The molecule has 0 aromatic heterocycles. The Labute approximate surface area is 103 Å². The number of nitrogens with one attached hydrogen (secondary N) is 1. The van der Waals surface area contributed by atoms with Crippen LogP contribution in [0.3, 0.4) is 0 Å². The van der Waals surface area contributed by atoms with Crippen molar-refractivity contribution in [2.24, 2.45) is 0 Å². The highest BCUT2D eigenvalue weighted by molar-refractivity contribution is 5.99. The normalized spacial score (nSPS) is 12.5. The maximum Gasteiger partial charge on any atom is 0.253 e. The van der Waals surface area contributed by atoms with E-state index in [-0.39, 0.29) is 5.91 Å². The molecule has 0 bridgehead atoms. The van der Waals surface area contributed by atoms with E-state index >= 15 is 0 Å². The molecule has 1 unspecified atom stereocenters. The van der Waals surface area contributed by atoms with Crippen molar-refractivity contribution in [2.75, 3.05) is 26.4 Å². The zero-order chi connectivity index (χ0) is 13.0. The van der Waals surface area contributed by atoms with Crippen molar-refractivity contribution in [2.45, 2.75) is 19.9 Å². The maximum atomic E-state index is 11.9. The third-order valence-electron chi connectivity index (χ3n) is 3.01. The number of likely N-dealkylation sites (N-methyl/N-ethyl adjacent to an activating group) is 1. The number of rotatable bonds is 4. The monoisotopic (exact) mass is 235 g/mol. The highest BCUT2D eigenvalue weighted by Gasteiger charge is 2.12. The average Bonchev–Trinajstić information content (AvgIpc) is 2.29. The van der Waals surface area contributed by atoms with E-state index in [1.165, 1.54) is 0 Å². The van der Waals surface area contributed by atoms with Crippen LogP contribution >= 0.6 is 0 Å². The van der Waals surface area contributed by atoms with Gasteiger partial charge in [0.1, 0.15) is 0 Å². The number of aryl methyl sites for hydroxylation is 1. The van der Waals surface area contributed by atoms with Crippen LogP contribution in [-0.2, 0) is 0 Å². The summed E-state index contributed by atoms with van der Waals surface area (Å²) in [5, 5.41) is 2.89. The number of nitrogen functional groups attached to an aromatic ring is 1. The number of benzene rings is 1. The first-order chi connectivity index (χ1) is 7.93. The van der Waals surface area contributed by atoms with Crippen LogP contribution in [0.2, 0.25) is 0 Å². The van der Waals surface area contributed by atoms with E-state index in [1.807, 2.05) is 33.2 Å². The van der Waals surface area contributed by atoms with Crippen LogP contribution in [0, 0.1) is 6.92 Å². The lowest BCUT2D eigenvalue weighted by molar-refractivity contribution is 0.0944. The van der Waals surface area contributed by atoms with Crippen molar-refractivity contribution in [1.29, 1.82) is 0 Å². The van der Waals surface area contributed by atoms with Gasteiger partial charge in [0.25, 0.3) is 5.91 Å². The number of para-hydroxylation sites is 1. The molecule has 1 rings (SSSR count). The van der Waals surface area contributed by atoms with Crippen molar-refractivity contribution in [1.82, 2.24) is 10.2 Å². The zero-order valence-electron chi connectivity index (χ0n) is 10.9. The predicted octanol–water partition coefficient (Wildman–Crippen LogP) is 1.26. The van der Waals surface area contributed by atoms with Crippen LogP contribution in [0.15, 0.2) is 18.2 Å². The Kier molecular flexibility index (Phi) is 4.52. The summed E-state index contributed by atoms with van der Waals surface area (Å²) in [6, 6.07) is 5.78. The minimum atomic E-state index is -0.111. The Bertz CT molecular complexity index is 402. The molecule has 4 nitrogen and oxygen atoms in total. The lowest BCUT2D eigenvalue weighted by Gasteiger charge is -2.20. The molecule has 1 aromatic carbocycles. The van der Waals surface area contributed by atoms with Gasteiger partial charge in [0.15, 0.2) is 0 Å². The topological polar surface area (TPSA) is 58.4 Å². The second-order valence-corrected chi connectivity index (χ2v) is 4.56. The van der Waals surface area contributed by atoms with Crippen LogP contribution < -0.4 is 11.1 Å². The van der Waals surface area contributed by atoms with E-state index in [4.69, 9.17) is 5.73 Å². The van der Waals surface area contributed by atoms with Gasteiger partial charge >= 0.3 is 0 Å². The third kappa shape index (κ3) is 3.46. The molecular weight excluding hydrogens is 214 g/mol. The molecule has 0 aliphatic heterocycles. The van der Waals surface area contributed by atoms with Crippen molar-refractivity contribution < 1.29 is 4.79 Å². The van der Waals surface area contributed by atoms with Crippen LogP contribution in [0.5, 0.6) is 0 Å². The van der Waals surface area contributed by atoms with E-state index in [2.05, 4.69) is 17.1 Å². The first-order valence-electron chi connectivity index (χ1n) is 5.73. The summed E-state index contributed by atoms with van der Waals surface area (Å²) in [5.74, 6) is -0.111. The molecule has 0 saturated heterocycles. The number of amides is 1. The first-order valence-corrected chi connectivity index (χ1v) is 5.73. The minimum absolute atomic E-state index is 0.111. The summed E-state index contributed by atoms with van der Waals surface area (Å²) in [6.07, 6.45) is 0. The van der Waals surface area contributed by atoms with Gasteiger partial charge in [0.05, 0.1) is 5.56 Å². The number of nitrogens with two attached hydrogens (primary N) is 1. The summed E-state index contributed by atoms with van der Waals surface area (Å²) < 4.78 is 0. The fraction of sp³-hybridized carbons (Fsp3) is 0.462. The number of hydrogen-bond donors (Lipinski definition) is 2. The van der Waals surface area contributed by atoms with E-state index < -0.39 is 0 Å². The Morgan fingerprint density at radius 2 is 2.12 bits per heavy atom. The Morgan fingerprint density at radius 3 is 2.71 bits per heavy atom. The van der Waals surface area contributed by atoms with Crippen LogP contribution in [0.25, 0.3) is 0 Å². The Balaban J connectivity index is 2.68. The molecule has 0 fully saturated rings. The van der Waals surface area contributed by atoms with Gasteiger partial charge in [-0.05, 0) is 39.6 Å². The van der Waals surface area contributed by atoms with Gasteiger partial charge in [-0.3, -0.25) is 4.79 Å². The predicted molar refractivity (Wildman–Crippen MR) is 71.1 cm³/mol. The molecule has 1 atom stereocenters. The number of hydrogen-bond acceptors (Lipinski definition) is 3. The van der Waals surface area contributed by atoms with Gasteiger partial charge in [-0.25, -0.2) is 0 Å². The van der Waals surface area contributed by atoms with E-state index in [0.717, 1.165) is 5.56 Å². The summed E-state index contributed by atoms with van der Waals surface area (Å²) in [6.45, 7) is 4.56. The van der Waals surface area contributed by atoms with E-state index in [9.17, 15) is 4.79 Å². The van der Waals surface area contributed by atoms with Gasteiger partial charge in [-0.2, -0.15) is 0 Å². The number of carbonyl (C=O) groups excluding carboxylic acids is 1. The lowest BCUT2D eigenvalue weighted by Crippen LogP contribution is -2.38. The second kappa shape index (κ2) is 5.68. The first kappa shape index (κ1) is 13.5. The maximum absolute atomic E-state index is 11.9. The largest absolute Gasteiger partial charge is 0.398 e. The number of carbonyl (C=O) groups is 1. The van der Waals surface area contributed by atoms with Crippen LogP contribution in [0.4, 0.5) is 5.69 Å². The minimum Gasteiger partial charge on any atom is -0.398 e. The molecule has 94 valence electrons. The average molecular weight is 235 g/mol. The summed E-state index contributed by atoms with van der Waals surface area (Å²) >= 11 is 0. The highest BCUT2D eigenvalue weighted by atomic mass is 16.1. The fourth-order valence-electron chi connectivity index (χ4n) is 1.40. The number of anilines is 1. The molecule has 3 N–H and O–H groups in total. The molecule has 0 radical (unpaired) electrons. The molecule has 0 heterocycles. The highest BCUT2D eigenvalue weighted by Crippen LogP contribution is 2.15. The van der Waals surface area contributed by atoms with Gasteiger partial charge < -0.3 is 16.0 Å². The quantitative estimate of drug-likeness (QED) is 0.772. The SMILES string of the molecule is Cc1cccc(C(=O)NCC(C)N(C)C)c1N. The van der Waals surface area contributed by atoms with Gasteiger partial charge in [-0.15, -0.1) is 0 Å². The Hall–Kier alpha value is -1.55. The molecule has 4 heteroatoms. The summed E-state index contributed by atoms with van der Waals surface area (Å²) in [7, 11) is 3.97. The lowest BCUT2D eigenvalue weighted by atomic mass is 10.1. The smallest absolute Gasteiger partial charge is 0.253 e. The summed E-state index contributed by atoms with van der Waals surface area (Å²) in [5.41, 5.74) is 7.92. The molecule has 1 aromatic rings. The van der Waals surface area contributed by atoms with Gasteiger partial charge in [0, 0.05) is 18.3 Å².